The fraction of sp³-hybridized carbons (Fsp3) is 0.333. The molecule has 1 aromatic heterocycles. The van der Waals surface area contributed by atoms with Gasteiger partial charge < -0.3 is 14.5 Å². The van der Waals surface area contributed by atoms with Gasteiger partial charge in [0.2, 0.25) is 5.91 Å². The summed E-state index contributed by atoms with van der Waals surface area (Å²) in [6.45, 7) is 2.08. The van der Waals surface area contributed by atoms with Crippen molar-refractivity contribution in [1.29, 1.82) is 0 Å². The maximum absolute atomic E-state index is 12.1. The van der Waals surface area contributed by atoms with Crippen molar-refractivity contribution in [2.75, 3.05) is 19.4 Å². The lowest BCUT2D eigenvalue weighted by Crippen LogP contribution is -2.27. The summed E-state index contributed by atoms with van der Waals surface area (Å²) in [5.41, 5.74) is 1.29. The first-order valence-corrected chi connectivity index (χ1v) is 8.80. The molecule has 1 amide bonds. The molecule has 0 radical (unpaired) electrons. The van der Waals surface area contributed by atoms with E-state index < -0.39 is 0 Å². The molecule has 0 fully saturated rings. The van der Waals surface area contributed by atoms with E-state index >= 15 is 0 Å². The van der Waals surface area contributed by atoms with Crippen molar-refractivity contribution in [2.45, 2.75) is 19.1 Å². The Kier molecular flexibility index (Phi) is 6.93. The predicted octanol–water partition coefficient (Wildman–Crippen LogP) is 3.08. The molecule has 0 saturated heterocycles. The number of hydrogen-bond donors (Lipinski definition) is 1. The van der Waals surface area contributed by atoms with Gasteiger partial charge in [-0.25, -0.2) is 0 Å². The lowest BCUT2D eigenvalue weighted by Gasteiger charge is -2.10. The van der Waals surface area contributed by atoms with E-state index in [2.05, 4.69) is 5.32 Å². The highest BCUT2D eigenvalue weighted by molar-refractivity contribution is 7.98. The third-order valence-corrected chi connectivity index (χ3v) is 4.41. The maximum atomic E-state index is 12.1. The number of amides is 1. The van der Waals surface area contributed by atoms with Crippen LogP contribution in [0.1, 0.15) is 28.6 Å². The van der Waals surface area contributed by atoms with Gasteiger partial charge in [0.05, 0.1) is 25.5 Å². The number of hydrogen-bond acceptors (Lipinski definition) is 5. The SMILES string of the molecule is COc1ccc(C(C)=O)cc1CC(=O)NCCSCc1ccco1. The molecule has 1 N–H and O–H groups in total. The summed E-state index contributed by atoms with van der Waals surface area (Å²) in [5.74, 6) is 3.01. The molecule has 1 heterocycles. The molecule has 6 heteroatoms. The van der Waals surface area contributed by atoms with Crippen LogP contribution in [0.25, 0.3) is 0 Å². The number of carbonyl (C=O) groups excluding carboxylic acids is 2. The van der Waals surface area contributed by atoms with Crippen LogP contribution in [0.5, 0.6) is 5.75 Å². The van der Waals surface area contributed by atoms with Crippen molar-refractivity contribution in [2.24, 2.45) is 0 Å². The number of ether oxygens (including phenoxy) is 1. The topological polar surface area (TPSA) is 68.5 Å². The minimum Gasteiger partial charge on any atom is -0.496 e. The van der Waals surface area contributed by atoms with Crippen LogP contribution in [-0.4, -0.2) is 31.1 Å². The van der Waals surface area contributed by atoms with Gasteiger partial charge in [-0.1, -0.05) is 0 Å². The first-order valence-electron chi connectivity index (χ1n) is 7.65. The Morgan fingerprint density at radius 1 is 1.29 bits per heavy atom. The second kappa shape index (κ2) is 9.17. The Morgan fingerprint density at radius 2 is 2.12 bits per heavy atom. The number of Topliss-reactive ketones (excluding diaryl/α,β-unsaturated/α-hetero) is 1. The molecule has 0 atom stereocenters. The van der Waals surface area contributed by atoms with E-state index in [4.69, 9.17) is 9.15 Å². The van der Waals surface area contributed by atoms with Crippen molar-refractivity contribution in [3.8, 4) is 5.75 Å². The zero-order valence-electron chi connectivity index (χ0n) is 13.8. The molecular weight excluding hydrogens is 326 g/mol. The number of ketones is 1. The first-order chi connectivity index (χ1) is 11.6. The predicted molar refractivity (Wildman–Crippen MR) is 94.6 cm³/mol. The quantitative estimate of drug-likeness (QED) is 0.558. The second-order valence-corrected chi connectivity index (χ2v) is 6.35. The summed E-state index contributed by atoms with van der Waals surface area (Å²) in [6.07, 6.45) is 1.84. The van der Waals surface area contributed by atoms with Crippen molar-refractivity contribution in [3.05, 3.63) is 53.5 Å². The van der Waals surface area contributed by atoms with Crippen LogP contribution in [0.15, 0.2) is 41.0 Å². The van der Waals surface area contributed by atoms with E-state index in [1.54, 1.807) is 43.3 Å². The highest BCUT2D eigenvalue weighted by Crippen LogP contribution is 2.21. The number of methoxy groups -OCH3 is 1. The Morgan fingerprint density at radius 3 is 2.79 bits per heavy atom. The van der Waals surface area contributed by atoms with Gasteiger partial charge in [-0.3, -0.25) is 9.59 Å². The molecule has 128 valence electrons. The summed E-state index contributed by atoms with van der Waals surface area (Å²) < 4.78 is 10.5. The Hall–Kier alpha value is -2.21. The van der Waals surface area contributed by atoms with E-state index in [0.29, 0.717) is 23.4 Å². The maximum Gasteiger partial charge on any atom is 0.224 e. The van der Waals surface area contributed by atoms with Gasteiger partial charge in [-0.05, 0) is 37.3 Å². The zero-order chi connectivity index (χ0) is 17.4. The standard InChI is InChI=1S/C18H21NO4S/c1-13(20)14-5-6-17(22-2)15(10-14)11-18(21)19-7-9-24-12-16-4-3-8-23-16/h3-6,8,10H,7,9,11-12H2,1-2H3,(H,19,21). The van der Waals surface area contributed by atoms with Crippen LogP contribution in [-0.2, 0) is 17.0 Å². The Bertz CT molecular complexity index is 682. The Balaban J connectivity index is 1.79. The van der Waals surface area contributed by atoms with Crippen molar-refractivity contribution >= 4 is 23.5 Å². The number of benzene rings is 1. The summed E-state index contributed by atoms with van der Waals surface area (Å²) in [5, 5.41) is 2.88. The molecule has 0 saturated carbocycles. The third-order valence-electron chi connectivity index (χ3n) is 3.43. The fourth-order valence-corrected chi connectivity index (χ4v) is 2.96. The van der Waals surface area contributed by atoms with Gasteiger partial charge in [0.15, 0.2) is 5.78 Å². The summed E-state index contributed by atoms with van der Waals surface area (Å²) in [4.78, 5) is 23.5. The van der Waals surface area contributed by atoms with Crippen molar-refractivity contribution < 1.29 is 18.7 Å². The highest BCUT2D eigenvalue weighted by Gasteiger charge is 2.11. The molecule has 1 aromatic carbocycles. The molecule has 0 aliphatic carbocycles. The summed E-state index contributed by atoms with van der Waals surface area (Å²) >= 11 is 1.70. The summed E-state index contributed by atoms with van der Waals surface area (Å²) in [6, 6.07) is 8.93. The molecule has 0 aliphatic heterocycles. The van der Waals surface area contributed by atoms with E-state index in [-0.39, 0.29) is 18.1 Å². The molecule has 0 spiro atoms. The fourth-order valence-electron chi connectivity index (χ4n) is 2.20. The lowest BCUT2D eigenvalue weighted by atomic mass is 10.0. The summed E-state index contributed by atoms with van der Waals surface area (Å²) in [7, 11) is 1.55. The Labute approximate surface area is 145 Å². The smallest absolute Gasteiger partial charge is 0.224 e. The van der Waals surface area contributed by atoms with Crippen LogP contribution in [0, 0.1) is 0 Å². The molecule has 0 aliphatic rings. The van der Waals surface area contributed by atoms with Gasteiger partial charge in [0, 0.05) is 23.4 Å². The van der Waals surface area contributed by atoms with E-state index in [0.717, 1.165) is 17.3 Å². The first kappa shape index (κ1) is 18.1. The molecular formula is C18H21NO4S. The average Bonchev–Trinajstić information content (AvgIpc) is 3.07. The van der Waals surface area contributed by atoms with Gasteiger partial charge >= 0.3 is 0 Å². The second-order valence-electron chi connectivity index (χ2n) is 5.24. The van der Waals surface area contributed by atoms with E-state index in [1.165, 1.54) is 6.92 Å². The monoisotopic (exact) mass is 347 g/mol. The van der Waals surface area contributed by atoms with E-state index in [1.807, 2.05) is 12.1 Å². The van der Waals surface area contributed by atoms with Crippen LogP contribution in [0.4, 0.5) is 0 Å². The largest absolute Gasteiger partial charge is 0.496 e. The highest BCUT2D eigenvalue weighted by atomic mass is 32.2. The molecule has 5 nitrogen and oxygen atoms in total. The van der Waals surface area contributed by atoms with Crippen LogP contribution in [0.3, 0.4) is 0 Å². The molecule has 24 heavy (non-hydrogen) atoms. The minimum absolute atomic E-state index is 0.0337. The average molecular weight is 347 g/mol. The van der Waals surface area contributed by atoms with Crippen LogP contribution >= 0.6 is 11.8 Å². The zero-order valence-corrected chi connectivity index (χ0v) is 14.7. The minimum atomic E-state index is -0.0902. The number of rotatable bonds is 9. The van der Waals surface area contributed by atoms with Crippen LogP contribution < -0.4 is 10.1 Å². The van der Waals surface area contributed by atoms with Crippen molar-refractivity contribution in [3.63, 3.8) is 0 Å². The normalized spacial score (nSPS) is 10.4. The van der Waals surface area contributed by atoms with Crippen molar-refractivity contribution in [1.82, 2.24) is 5.32 Å². The molecule has 0 unspecified atom stereocenters. The van der Waals surface area contributed by atoms with Gasteiger partial charge in [0.25, 0.3) is 0 Å². The molecule has 0 bridgehead atoms. The molecule has 2 aromatic rings. The van der Waals surface area contributed by atoms with E-state index in [9.17, 15) is 9.59 Å². The third kappa shape index (κ3) is 5.45. The number of carbonyl (C=O) groups is 2. The lowest BCUT2D eigenvalue weighted by molar-refractivity contribution is -0.120. The number of furan rings is 1. The van der Waals surface area contributed by atoms with Gasteiger partial charge in [-0.15, -0.1) is 0 Å². The van der Waals surface area contributed by atoms with Gasteiger partial charge in [0.1, 0.15) is 11.5 Å². The molecule has 2 rings (SSSR count). The van der Waals surface area contributed by atoms with Gasteiger partial charge in [-0.2, -0.15) is 11.8 Å². The number of nitrogens with one attached hydrogen (secondary N) is 1. The van der Waals surface area contributed by atoms with Crippen LogP contribution in [0.2, 0.25) is 0 Å². The number of thioether (sulfide) groups is 1.